The van der Waals surface area contributed by atoms with Crippen LogP contribution in [0.4, 0.5) is 14.6 Å². The monoisotopic (exact) mass is 695 g/mol. The number of rotatable bonds is 2. The first kappa shape index (κ1) is 30.2. The third-order valence-corrected chi connectivity index (χ3v) is 10.4. The third-order valence-electron chi connectivity index (χ3n) is 7.15. The molecule has 0 amide bonds. The first-order valence-corrected chi connectivity index (χ1v) is 18.1. The Morgan fingerprint density at radius 1 is 0.841 bits per heavy atom. The summed E-state index contributed by atoms with van der Waals surface area (Å²) in [7, 11) is 0. The van der Waals surface area contributed by atoms with Crippen molar-refractivity contribution in [3.8, 4) is 0 Å². The number of ether oxygens (including phenoxy) is 2. The van der Waals surface area contributed by atoms with Crippen molar-refractivity contribution in [1.82, 2.24) is 39.0 Å². The molecule has 3 fully saturated rings. The number of halogens is 2. The lowest BCUT2D eigenvalue weighted by atomic mass is 10.1. The van der Waals surface area contributed by atoms with Crippen LogP contribution in [0.5, 0.6) is 0 Å². The van der Waals surface area contributed by atoms with Crippen LogP contribution in [-0.4, -0.2) is 89.0 Å². The van der Waals surface area contributed by atoms with Crippen molar-refractivity contribution in [3.63, 3.8) is 0 Å². The van der Waals surface area contributed by atoms with Gasteiger partial charge < -0.3 is 20.2 Å². The van der Waals surface area contributed by atoms with Crippen molar-refractivity contribution in [1.29, 1.82) is 0 Å². The van der Waals surface area contributed by atoms with Crippen LogP contribution < -0.4 is 11.3 Å². The minimum absolute atomic E-state index is 0.0125. The van der Waals surface area contributed by atoms with Crippen molar-refractivity contribution in [3.05, 3.63) is 35.7 Å². The number of anilines is 1. The second-order valence-corrected chi connectivity index (χ2v) is 15.6. The fraction of sp³-hybridized carbons (Fsp3) is 0.500. The summed E-state index contributed by atoms with van der Waals surface area (Å²) in [5.41, 5.74) is 5.46. The molecule has 0 aromatic carbocycles. The molecule has 18 nitrogen and oxygen atoms in total. The van der Waals surface area contributed by atoms with Crippen LogP contribution in [0.25, 0.3) is 22.3 Å². The predicted octanol–water partition coefficient (Wildman–Crippen LogP) is 1.91. The number of H-pyrrole nitrogens is 1. The number of hydrogen-bond acceptors (Lipinski definition) is 15. The van der Waals surface area contributed by atoms with Gasteiger partial charge in [0.2, 0.25) is 0 Å². The van der Waals surface area contributed by atoms with E-state index in [1.165, 1.54) is 10.9 Å². The van der Waals surface area contributed by atoms with Gasteiger partial charge in [0.1, 0.15) is 36.3 Å². The average molecular weight is 696 g/mol. The fourth-order valence-electron chi connectivity index (χ4n) is 5.17. The molecule has 44 heavy (non-hydrogen) atoms. The topological polar surface area (TPSA) is 223 Å². The van der Waals surface area contributed by atoms with Gasteiger partial charge in [0.05, 0.1) is 32.2 Å². The lowest BCUT2D eigenvalue weighted by molar-refractivity contribution is -0.0544. The molecule has 3 saturated heterocycles. The van der Waals surface area contributed by atoms with Crippen molar-refractivity contribution < 1.29 is 45.5 Å². The highest BCUT2D eigenvalue weighted by Crippen LogP contribution is 2.60. The van der Waals surface area contributed by atoms with Crippen molar-refractivity contribution in [2.75, 3.05) is 18.9 Å². The zero-order valence-electron chi connectivity index (χ0n) is 21.8. The summed E-state index contributed by atoms with van der Waals surface area (Å²) in [4.78, 5) is 34.4. The Hall–Kier alpha value is -2.52. The predicted molar refractivity (Wildman–Crippen MR) is 150 cm³/mol. The maximum atomic E-state index is 15.9. The molecular weight excluding hydrogens is 674 g/mol. The molecular formula is C20H21F2N9O9P2S2. The summed E-state index contributed by atoms with van der Waals surface area (Å²) in [6.45, 7) is -10.2. The van der Waals surface area contributed by atoms with E-state index in [-0.39, 0.29) is 28.1 Å². The van der Waals surface area contributed by atoms with Crippen molar-refractivity contribution in [2.24, 2.45) is 0 Å². The molecule has 7 rings (SSSR count). The van der Waals surface area contributed by atoms with E-state index in [4.69, 9.17) is 33.3 Å². The van der Waals surface area contributed by atoms with E-state index in [1.807, 2.05) is 0 Å². The molecule has 3 N–H and O–H groups in total. The number of aromatic amines is 1. The number of nitrogen functional groups attached to an aromatic ring is 1. The van der Waals surface area contributed by atoms with Gasteiger partial charge >= 0.3 is 13.6 Å². The highest BCUT2D eigenvalue weighted by molar-refractivity contribution is 8.44. The highest BCUT2D eigenvalue weighted by Gasteiger charge is 2.54. The number of nitrogens with zero attached hydrogens (tertiary/aromatic N) is 7. The molecule has 0 radical (unpaired) electrons. The van der Waals surface area contributed by atoms with E-state index in [0.717, 1.165) is 23.5 Å². The van der Waals surface area contributed by atoms with Gasteiger partial charge in [-0.05, 0) is 0 Å². The van der Waals surface area contributed by atoms with Crippen LogP contribution >= 0.6 is 38.1 Å². The molecule has 0 spiro atoms. The summed E-state index contributed by atoms with van der Waals surface area (Å²) in [6, 6.07) is 0. The number of aromatic nitrogens is 8. The zero-order valence-corrected chi connectivity index (χ0v) is 25.3. The molecule has 4 aromatic rings. The maximum Gasteiger partial charge on any atom is 0.386 e. The van der Waals surface area contributed by atoms with Gasteiger partial charge in [-0.1, -0.05) is 24.5 Å². The van der Waals surface area contributed by atoms with Gasteiger partial charge in [0.25, 0.3) is 5.56 Å². The first-order valence-electron chi connectivity index (χ1n) is 12.7. The van der Waals surface area contributed by atoms with Crippen LogP contribution in [-0.2, 0) is 36.7 Å². The van der Waals surface area contributed by atoms with E-state index in [1.54, 1.807) is 0 Å². The Morgan fingerprint density at radius 2 is 1.36 bits per heavy atom. The fourth-order valence-corrected chi connectivity index (χ4v) is 8.13. The summed E-state index contributed by atoms with van der Waals surface area (Å²) in [5.74, 6) is 0.0435. The maximum absolute atomic E-state index is 15.9. The lowest BCUT2D eigenvalue weighted by Gasteiger charge is -2.28. The Kier molecular flexibility index (Phi) is 7.59. The summed E-state index contributed by atoms with van der Waals surface area (Å²) < 4.78 is 94.1. The van der Waals surface area contributed by atoms with Crippen molar-refractivity contribution >= 4 is 66.2 Å². The van der Waals surface area contributed by atoms with E-state index < -0.39 is 81.6 Å². The molecule has 24 heteroatoms. The molecule has 3 aliphatic rings. The number of nitrogens with one attached hydrogen (secondary N) is 1. The summed E-state index contributed by atoms with van der Waals surface area (Å²) in [5, 5.41) is 0. The molecule has 0 bridgehead atoms. The Labute approximate surface area is 254 Å². The second kappa shape index (κ2) is 11.1. The van der Waals surface area contributed by atoms with E-state index >= 15 is 8.78 Å². The van der Waals surface area contributed by atoms with Gasteiger partial charge in [-0.3, -0.25) is 32.0 Å². The SMILES string of the molecule is Nc1ncnc2c1ncn2C1OC2COP(=O)(S)O[C@@H]3C(COP(=O)(S)O[C@H]2[C@H]1F)OC(n1cnc2c(=O)[nH]cnc21)[C@@H]3F. The molecule has 4 aromatic heterocycles. The molecule has 236 valence electrons. The standard InChI is InChI=1S/C20H21F2N9O9P2S2/c21-9-13-7(37-19(9)30-5-28-11-15(23)24-3-25-16(11)30)1-35-42(34,44)40-14-8(2-36-41(33,43)39-13)38-20(10(14)22)31-6-29-12-17(31)26-4-27-18(12)32/h3-10,13-14,19-20H,1-2H2,(H,33,43)(H,34,44)(H2,23,24,25)(H,26,27,32)/t7?,8?,9-,10-,13-,14-,19?,20?,41?,42?/m1/s1. The Morgan fingerprint density at radius 3 is 1.93 bits per heavy atom. The number of thiol groups is 2. The van der Waals surface area contributed by atoms with Crippen LogP contribution in [0.15, 0.2) is 30.1 Å². The zero-order chi connectivity index (χ0) is 31.0. The number of fused-ring (bicyclic) bond motifs is 4. The Bertz CT molecular complexity index is 1900. The quantitative estimate of drug-likeness (QED) is 0.174. The van der Waals surface area contributed by atoms with Crippen LogP contribution in [0.1, 0.15) is 12.5 Å². The minimum atomic E-state index is -4.41. The number of imidazole rings is 2. The minimum Gasteiger partial charge on any atom is -0.382 e. The van der Waals surface area contributed by atoms with Crippen molar-refractivity contribution in [2.45, 2.75) is 49.2 Å². The molecule has 3 aliphatic heterocycles. The highest BCUT2D eigenvalue weighted by atomic mass is 32.7. The van der Waals surface area contributed by atoms with Gasteiger partial charge in [-0.25, -0.2) is 42.8 Å². The molecule has 0 saturated carbocycles. The van der Waals surface area contributed by atoms with Gasteiger partial charge in [0, 0.05) is 0 Å². The summed E-state index contributed by atoms with van der Waals surface area (Å²) in [6.07, 6.45) is -8.55. The van der Waals surface area contributed by atoms with Gasteiger partial charge in [-0.15, -0.1) is 0 Å². The molecule has 0 aliphatic carbocycles. The van der Waals surface area contributed by atoms with Gasteiger partial charge in [-0.2, -0.15) is 0 Å². The Balaban J connectivity index is 1.17. The van der Waals surface area contributed by atoms with E-state index in [2.05, 4.69) is 54.4 Å². The smallest absolute Gasteiger partial charge is 0.382 e. The third kappa shape index (κ3) is 5.25. The molecule has 6 unspecified atom stereocenters. The van der Waals surface area contributed by atoms with E-state index in [9.17, 15) is 13.9 Å². The second-order valence-electron chi connectivity index (χ2n) is 9.83. The summed E-state index contributed by atoms with van der Waals surface area (Å²) >= 11 is 7.95. The largest absolute Gasteiger partial charge is 0.386 e. The first-order chi connectivity index (χ1) is 20.9. The average Bonchev–Trinajstić information content (AvgIpc) is 3.73. The van der Waals surface area contributed by atoms with Gasteiger partial charge in [0.15, 0.2) is 47.4 Å². The number of hydrogen-bond donors (Lipinski definition) is 4. The molecule has 10 atom stereocenters. The van der Waals surface area contributed by atoms with E-state index in [0.29, 0.717) is 0 Å². The molecule has 7 heterocycles. The number of nitrogens with two attached hydrogens (primary N) is 1. The van der Waals surface area contributed by atoms with Crippen LogP contribution in [0.3, 0.4) is 0 Å². The van der Waals surface area contributed by atoms with Crippen LogP contribution in [0, 0.1) is 0 Å². The number of alkyl halides is 2. The lowest BCUT2D eigenvalue weighted by Crippen LogP contribution is -2.36. The normalized spacial score (nSPS) is 38.3. The van der Waals surface area contributed by atoms with Crippen LogP contribution in [0.2, 0.25) is 0 Å².